The number of hydrogen-bond donors (Lipinski definition) is 1. The van der Waals surface area contributed by atoms with Gasteiger partial charge in [0.05, 0.1) is 17.2 Å². The maximum atomic E-state index is 12.2. The first-order chi connectivity index (χ1) is 9.81. The SMILES string of the molecule is CN(C)C(=O)c1ccc(Cl)cc1N1CC(C(=O)O)CC1=O. The summed E-state index contributed by atoms with van der Waals surface area (Å²) in [4.78, 5) is 38.0. The van der Waals surface area contributed by atoms with Crippen molar-refractivity contribution in [2.45, 2.75) is 6.42 Å². The topological polar surface area (TPSA) is 77.9 Å². The van der Waals surface area contributed by atoms with E-state index in [1.165, 1.54) is 15.9 Å². The summed E-state index contributed by atoms with van der Waals surface area (Å²) < 4.78 is 0. The quantitative estimate of drug-likeness (QED) is 0.917. The highest BCUT2D eigenvalue weighted by Crippen LogP contribution is 2.31. The average molecular weight is 311 g/mol. The van der Waals surface area contributed by atoms with E-state index < -0.39 is 11.9 Å². The first-order valence-corrected chi connectivity index (χ1v) is 6.73. The molecule has 1 aliphatic heterocycles. The molecule has 21 heavy (non-hydrogen) atoms. The van der Waals surface area contributed by atoms with E-state index in [-0.39, 0.29) is 24.8 Å². The second kappa shape index (κ2) is 5.73. The number of amides is 2. The number of carbonyl (C=O) groups excluding carboxylic acids is 2. The summed E-state index contributed by atoms with van der Waals surface area (Å²) in [5, 5.41) is 9.42. The molecule has 1 unspecified atom stereocenters. The summed E-state index contributed by atoms with van der Waals surface area (Å²) in [6.45, 7) is 0.0439. The molecule has 1 aliphatic rings. The first-order valence-electron chi connectivity index (χ1n) is 6.35. The molecule has 0 saturated carbocycles. The van der Waals surface area contributed by atoms with E-state index >= 15 is 0 Å². The number of carboxylic acid groups (broad SMARTS) is 1. The van der Waals surface area contributed by atoms with Gasteiger partial charge in [0.15, 0.2) is 0 Å². The first kappa shape index (κ1) is 15.3. The van der Waals surface area contributed by atoms with Crippen molar-refractivity contribution in [3.8, 4) is 0 Å². The molecule has 6 nitrogen and oxygen atoms in total. The third-order valence-corrected chi connectivity index (χ3v) is 3.60. The van der Waals surface area contributed by atoms with E-state index in [2.05, 4.69) is 0 Å². The average Bonchev–Trinajstić information content (AvgIpc) is 2.80. The van der Waals surface area contributed by atoms with Gasteiger partial charge in [-0.05, 0) is 18.2 Å². The number of benzene rings is 1. The highest BCUT2D eigenvalue weighted by atomic mass is 35.5. The van der Waals surface area contributed by atoms with Gasteiger partial charge in [0, 0.05) is 32.1 Å². The van der Waals surface area contributed by atoms with Crippen LogP contribution in [-0.2, 0) is 9.59 Å². The number of carbonyl (C=O) groups is 3. The van der Waals surface area contributed by atoms with Gasteiger partial charge in [0.25, 0.3) is 5.91 Å². The van der Waals surface area contributed by atoms with Crippen LogP contribution in [0.25, 0.3) is 0 Å². The van der Waals surface area contributed by atoms with E-state index in [0.717, 1.165) is 0 Å². The Morgan fingerprint density at radius 3 is 2.57 bits per heavy atom. The molecule has 0 aliphatic carbocycles. The molecule has 0 radical (unpaired) electrons. The second-order valence-corrected chi connectivity index (χ2v) is 5.54. The van der Waals surface area contributed by atoms with Gasteiger partial charge in [0.1, 0.15) is 0 Å². The van der Waals surface area contributed by atoms with Crippen molar-refractivity contribution in [2.75, 3.05) is 25.5 Å². The highest BCUT2D eigenvalue weighted by molar-refractivity contribution is 6.31. The van der Waals surface area contributed by atoms with Crippen LogP contribution in [0.1, 0.15) is 16.8 Å². The lowest BCUT2D eigenvalue weighted by molar-refractivity contribution is -0.141. The Morgan fingerprint density at radius 1 is 1.38 bits per heavy atom. The van der Waals surface area contributed by atoms with Gasteiger partial charge >= 0.3 is 5.97 Å². The molecule has 1 fully saturated rings. The number of anilines is 1. The lowest BCUT2D eigenvalue weighted by Gasteiger charge is -2.21. The molecule has 0 bridgehead atoms. The summed E-state index contributed by atoms with van der Waals surface area (Å²) >= 11 is 5.95. The van der Waals surface area contributed by atoms with Gasteiger partial charge < -0.3 is 14.9 Å². The number of nitrogens with zero attached hydrogens (tertiary/aromatic N) is 2. The van der Waals surface area contributed by atoms with Gasteiger partial charge in [-0.1, -0.05) is 11.6 Å². The summed E-state index contributed by atoms with van der Waals surface area (Å²) in [7, 11) is 3.21. The Labute approximate surface area is 126 Å². The van der Waals surface area contributed by atoms with Gasteiger partial charge in [0.2, 0.25) is 5.91 Å². The predicted octanol–water partition coefficient (Wildman–Crippen LogP) is 1.48. The maximum Gasteiger partial charge on any atom is 0.308 e. The molecule has 2 rings (SSSR count). The summed E-state index contributed by atoms with van der Waals surface area (Å²) in [5.74, 6) is -2.38. The van der Waals surface area contributed by atoms with Crippen LogP contribution in [-0.4, -0.2) is 48.4 Å². The highest BCUT2D eigenvalue weighted by Gasteiger charge is 2.36. The molecular formula is C14H15ClN2O4. The summed E-state index contributed by atoms with van der Waals surface area (Å²) in [6, 6.07) is 4.62. The van der Waals surface area contributed by atoms with Crippen molar-refractivity contribution < 1.29 is 19.5 Å². The molecule has 1 aromatic rings. The van der Waals surface area contributed by atoms with Gasteiger partial charge in [-0.15, -0.1) is 0 Å². The Balaban J connectivity index is 2.43. The minimum Gasteiger partial charge on any atom is -0.481 e. The third-order valence-electron chi connectivity index (χ3n) is 3.36. The molecule has 0 aromatic heterocycles. The number of halogens is 1. The van der Waals surface area contributed by atoms with Crippen LogP contribution >= 0.6 is 11.6 Å². The zero-order chi connectivity index (χ0) is 15.7. The minimum absolute atomic E-state index is 0.0439. The number of aliphatic carboxylic acids is 1. The Morgan fingerprint density at radius 2 is 2.05 bits per heavy atom. The fourth-order valence-corrected chi connectivity index (χ4v) is 2.42. The standard InChI is InChI=1S/C14H15ClN2O4/c1-16(2)13(19)10-4-3-9(15)6-11(10)17-7-8(14(20)21)5-12(17)18/h3-4,6,8H,5,7H2,1-2H3,(H,20,21). The lowest BCUT2D eigenvalue weighted by Crippen LogP contribution is -2.30. The van der Waals surface area contributed by atoms with E-state index in [4.69, 9.17) is 16.7 Å². The zero-order valence-electron chi connectivity index (χ0n) is 11.7. The second-order valence-electron chi connectivity index (χ2n) is 5.10. The number of carboxylic acids is 1. The molecular weight excluding hydrogens is 296 g/mol. The lowest BCUT2D eigenvalue weighted by atomic mass is 10.1. The van der Waals surface area contributed by atoms with Crippen LogP contribution in [0.15, 0.2) is 18.2 Å². The van der Waals surface area contributed by atoms with E-state index in [1.54, 1.807) is 26.2 Å². The van der Waals surface area contributed by atoms with Crippen LogP contribution in [0, 0.1) is 5.92 Å². The Hall–Kier alpha value is -2.08. The normalized spacial score (nSPS) is 18.0. The van der Waals surface area contributed by atoms with Gasteiger partial charge in [-0.3, -0.25) is 14.4 Å². The zero-order valence-corrected chi connectivity index (χ0v) is 12.4. The number of rotatable bonds is 3. The van der Waals surface area contributed by atoms with Crippen molar-refractivity contribution in [3.63, 3.8) is 0 Å². The molecule has 7 heteroatoms. The van der Waals surface area contributed by atoms with Crippen molar-refractivity contribution >= 4 is 35.1 Å². The largest absolute Gasteiger partial charge is 0.481 e. The molecule has 1 heterocycles. The van der Waals surface area contributed by atoms with Crippen LogP contribution in [0.3, 0.4) is 0 Å². The fraction of sp³-hybridized carbons (Fsp3) is 0.357. The molecule has 1 N–H and O–H groups in total. The summed E-state index contributed by atoms with van der Waals surface area (Å²) in [6.07, 6.45) is -0.0720. The van der Waals surface area contributed by atoms with Gasteiger partial charge in [-0.2, -0.15) is 0 Å². The monoisotopic (exact) mass is 310 g/mol. The molecule has 112 valence electrons. The van der Waals surface area contributed by atoms with Crippen molar-refractivity contribution in [1.82, 2.24) is 4.90 Å². The number of hydrogen-bond acceptors (Lipinski definition) is 3. The summed E-state index contributed by atoms with van der Waals surface area (Å²) in [5.41, 5.74) is 0.679. The van der Waals surface area contributed by atoms with Crippen molar-refractivity contribution in [3.05, 3.63) is 28.8 Å². The fourth-order valence-electron chi connectivity index (χ4n) is 2.26. The molecule has 1 aromatic carbocycles. The van der Waals surface area contributed by atoms with Crippen LogP contribution in [0.5, 0.6) is 0 Å². The smallest absolute Gasteiger partial charge is 0.308 e. The van der Waals surface area contributed by atoms with Crippen molar-refractivity contribution in [2.24, 2.45) is 5.92 Å². The van der Waals surface area contributed by atoms with Crippen LogP contribution in [0.4, 0.5) is 5.69 Å². The van der Waals surface area contributed by atoms with E-state index in [9.17, 15) is 14.4 Å². The van der Waals surface area contributed by atoms with Crippen molar-refractivity contribution in [1.29, 1.82) is 0 Å². The van der Waals surface area contributed by atoms with E-state index in [0.29, 0.717) is 16.3 Å². The Bertz CT molecular complexity index is 615. The molecule has 1 saturated heterocycles. The Kier molecular flexibility index (Phi) is 4.18. The molecule has 1 atom stereocenters. The van der Waals surface area contributed by atoms with Gasteiger partial charge in [-0.25, -0.2) is 0 Å². The van der Waals surface area contributed by atoms with Crippen LogP contribution < -0.4 is 4.90 Å². The van der Waals surface area contributed by atoms with E-state index in [1.807, 2.05) is 0 Å². The molecule has 2 amide bonds. The molecule has 0 spiro atoms. The van der Waals surface area contributed by atoms with Crippen LogP contribution in [0.2, 0.25) is 5.02 Å². The predicted molar refractivity (Wildman–Crippen MR) is 77.6 cm³/mol. The minimum atomic E-state index is -1.02. The third kappa shape index (κ3) is 3.00. The maximum absolute atomic E-state index is 12.2.